The third-order valence-electron chi connectivity index (χ3n) is 3.10. The number of rotatable bonds is 9. The molecule has 0 fully saturated rings. The Bertz CT molecular complexity index is 201. The van der Waals surface area contributed by atoms with E-state index in [2.05, 4.69) is 33.8 Å². The van der Waals surface area contributed by atoms with Gasteiger partial charge < -0.3 is 4.79 Å². The van der Waals surface area contributed by atoms with Gasteiger partial charge in [-0.05, 0) is 38.5 Å². The van der Waals surface area contributed by atoms with Crippen molar-refractivity contribution in [3.05, 3.63) is 11.6 Å². The lowest BCUT2D eigenvalue weighted by Gasteiger charge is -2.12. The smallest absolute Gasteiger partial charge is 0.120 e. The molecule has 0 bridgehead atoms. The van der Waals surface area contributed by atoms with Gasteiger partial charge in [0.25, 0.3) is 0 Å². The van der Waals surface area contributed by atoms with Gasteiger partial charge >= 0.3 is 0 Å². The van der Waals surface area contributed by atoms with Gasteiger partial charge in [-0.1, -0.05) is 44.8 Å². The second-order valence-corrected chi connectivity index (χ2v) is 5.40. The van der Waals surface area contributed by atoms with Crippen LogP contribution in [-0.2, 0) is 4.79 Å². The van der Waals surface area contributed by atoms with E-state index in [1.165, 1.54) is 37.7 Å². The Kier molecular flexibility index (Phi) is 9.27. The van der Waals surface area contributed by atoms with E-state index in [1.54, 1.807) is 0 Å². The Morgan fingerprint density at radius 2 is 1.69 bits per heavy atom. The lowest BCUT2D eigenvalue weighted by Crippen LogP contribution is -1.99. The maximum atomic E-state index is 10.3. The van der Waals surface area contributed by atoms with Crippen molar-refractivity contribution in [1.82, 2.24) is 0 Å². The molecule has 94 valence electrons. The second-order valence-electron chi connectivity index (χ2n) is 5.40. The molecule has 0 rings (SSSR count). The largest absolute Gasteiger partial charge is 0.303 e. The van der Waals surface area contributed by atoms with Crippen LogP contribution >= 0.6 is 0 Å². The Balaban J connectivity index is 3.46. The average molecular weight is 224 g/mol. The molecule has 0 aromatic heterocycles. The van der Waals surface area contributed by atoms with Gasteiger partial charge in [-0.3, -0.25) is 0 Å². The highest BCUT2D eigenvalue weighted by Crippen LogP contribution is 2.18. The summed E-state index contributed by atoms with van der Waals surface area (Å²) in [6, 6.07) is 0. The molecule has 0 radical (unpaired) electrons. The van der Waals surface area contributed by atoms with Gasteiger partial charge in [0, 0.05) is 6.42 Å². The van der Waals surface area contributed by atoms with E-state index in [1.807, 2.05) is 0 Å². The zero-order valence-corrected chi connectivity index (χ0v) is 11.5. The zero-order chi connectivity index (χ0) is 12.4. The molecule has 0 aromatic rings. The molecule has 0 N–H and O–H groups in total. The molecule has 1 heteroatoms. The molecule has 0 heterocycles. The molecule has 0 aliphatic rings. The monoisotopic (exact) mass is 224 g/mol. The van der Waals surface area contributed by atoms with Gasteiger partial charge in [0.05, 0.1) is 0 Å². The van der Waals surface area contributed by atoms with Crippen molar-refractivity contribution < 1.29 is 4.79 Å². The summed E-state index contributed by atoms with van der Waals surface area (Å²) in [5.74, 6) is 1.39. The Labute approximate surface area is 101 Å². The first kappa shape index (κ1) is 15.4. The molecule has 0 saturated carbocycles. The summed E-state index contributed by atoms with van der Waals surface area (Å²) < 4.78 is 0. The molecule has 0 aliphatic carbocycles. The van der Waals surface area contributed by atoms with Gasteiger partial charge in [-0.2, -0.15) is 0 Å². The minimum atomic E-state index is 0.572. The van der Waals surface area contributed by atoms with E-state index < -0.39 is 0 Å². The van der Waals surface area contributed by atoms with Crippen LogP contribution in [-0.4, -0.2) is 6.29 Å². The van der Waals surface area contributed by atoms with Crippen LogP contribution in [0.25, 0.3) is 0 Å². The molecule has 0 saturated heterocycles. The number of aldehydes is 1. The predicted molar refractivity (Wildman–Crippen MR) is 71.5 cm³/mol. The van der Waals surface area contributed by atoms with Crippen molar-refractivity contribution in [2.45, 2.75) is 66.2 Å². The van der Waals surface area contributed by atoms with Gasteiger partial charge in [0.2, 0.25) is 0 Å². The highest BCUT2D eigenvalue weighted by Gasteiger charge is 2.04. The molecular weight excluding hydrogens is 196 g/mol. The van der Waals surface area contributed by atoms with Gasteiger partial charge in [0.15, 0.2) is 0 Å². The highest BCUT2D eigenvalue weighted by atomic mass is 16.1. The van der Waals surface area contributed by atoms with Crippen LogP contribution in [0, 0.1) is 11.8 Å². The van der Waals surface area contributed by atoms with Crippen molar-refractivity contribution in [3.63, 3.8) is 0 Å². The van der Waals surface area contributed by atoms with Crippen LogP contribution in [0.3, 0.4) is 0 Å². The van der Waals surface area contributed by atoms with Crippen molar-refractivity contribution in [2.24, 2.45) is 11.8 Å². The summed E-state index contributed by atoms with van der Waals surface area (Å²) in [6.45, 7) is 8.82. The van der Waals surface area contributed by atoms with Crippen molar-refractivity contribution in [2.75, 3.05) is 0 Å². The SMILES string of the molecule is CC(C)=CCC[C@@H](C)CCC[C@@H](C)CC=O. The van der Waals surface area contributed by atoms with Crippen LogP contribution in [0.4, 0.5) is 0 Å². The topological polar surface area (TPSA) is 17.1 Å². The van der Waals surface area contributed by atoms with Gasteiger partial charge in [-0.25, -0.2) is 0 Å². The Hall–Kier alpha value is -0.590. The molecule has 1 nitrogen and oxygen atoms in total. The van der Waals surface area contributed by atoms with Crippen LogP contribution < -0.4 is 0 Å². The van der Waals surface area contributed by atoms with E-state index in [9.17, 15) is 4.79 Å². The quantitative estimate of drug-likeness (QED) is 0.407. The molecule has 0 spiro atoms. The summed E-state index contributed by atoms with van der Waals surface area (Å²) >= 11 is 0. The molecular formula is C15H28O. The molecule has 2 atom stereocenters. The normalized spacial score (nSPS) is 14.2. The van der Waals surface area contributed by atoms with E-state index in [0.717, 1.165) is 18.6 Å². The lowest BCUT2D eigenvalue weighted by atomic mass is 9.94. The maximum absolute atomic E-state index is 10.3. The standard InChI is InChI=1S/C15H28O/c1-13(2)7-5-8-14(3)9-6-10-15(4)11-12-16/h7,12,14-15H,5-6,8-11H2,1-4H3/t14-,15-/m1/s1. The number of carbonyl (C=O) groups is 1. The Morgan fingerprint density at radius 1 is 1.06 bits per heavy atom. The number of hydrogen-bond acceptors (Lipinski definition) is 1. The fraction of sp³-hybridized carbons (Fsp3) is 0.800. The van der Waals surface area contributed by atoms with Crippen LogP contribution in [0.15, 0.2) is 11.6 Å². The highest BCUT2D eigenvalue weighted by molar-refractivity contribution is 5.49. The number of allylic oxidation sites excluding steroid dienone is 2. The summed E-state index contributed by atoms with van der Waals surface area (Å²) in [6.07, 6.45) is 10.4. The van der Waals surface area contributed by atoms with E-state index >= 15 is 0 Å². The van der Waals surface area contributed by atoms with Crippen molar-refractivity contribution in [3.8, 4) is 0 Å². The minimum absolute atomic E-state index is 0.572. The van der Waals surface area contributed by atoms with E-state index in [0.29, 0.717) is 5.92 Å². The van der Waals surface area contributed by atoms with Gasteiger partial charge in [0.1, 0.15) is 6.29 Å². The van der Waals surface area contributed by atoms with Crippen LogP contribution in [0.1, 0.15) is 66.2 Å². The summed E-state index contributed by atoms with van der Waals surface area (Å²) in [7, 11) is 0. The zero-order valence-electron chi connectivity index (χ0n) is 11.5. The maximum Gasteiger partial charge on any atom is 0.120 e. The molecule has 16 heavy (non-hydrogen) atoms. The van der Waals surface area contributed by atoms with Crippen molar-refractivity contribution >= 4 is 6.29 Å². The summed E-state index contributed by atoms with van der Waals surface area (Å²) in [5.41, 5.74) is 1.42. The second kappa shape index (κ2) is 9.62. The summed E-state index contributed by atoms with van der Waals surface area (Å²) in [4.78, 5) is 10.3. The minimum Gasteiger partial charge on any atom is -0.303 e. The fourth-order valence-corrected chi connectivity index (χ4v) is 1.90. The lowest BCUT2D eigenvalue weighted by molar-refractivity contribution is -0.108. The molecule has 0 unspecified atom stereocenters. The van der Waals surface area contributed by atoms with Crippen LogP contribution in [0.2, 0.25) is 0 Å². The fourth-order valence-electron chi connectivity index (χ4n) is 1.90. The van der Waals surface area contributed by atoms with Crippen molar-refractivity contribution in [1.29, 1.82) is 0 Å². The summed E-state index contributed by atoms with van der Waals surface area (Å²) in [5, 5.41) is 0. The first-order valence-corrected chi connectivity index (χ1v) is 6.63. The molecule has 0 aliphatic heterocycles. The number of carbonyl (C=O) groups excluding carboxylic acids is 1. The first-order valence-electron chi connectivity index (χ1n) is 6.63. The Morgan fingerprint density at radius 3 is 2.25 bits per heavy atom. The molecule has 0 amide bonds. The number of hydrogen-bond donors (Lipinski definition) is 0. The van der Waals surface area contributed by atoms with E-state index in [4.69, 9.17) is 0 Å². The van der Waals surface area contributed by atoms with Gasteiger partial charge in [-0.15, -0.1) is 0 Å². The molecule has 0 aromatic carbocycles. The average Bonchev–Trinajstić information content (AvgIpc) is 2.17. The van der Waals surface area contributed by atoms with Crippen LogP contribution in [0.5, 0.6) is 0 Å². The first-order chi connectivity index (χ1) is 7.56. The third kappa shape index (κ3) is 9.95. The predicted octanol–water partition coefficient (Wildman–Crippen LogP) is 4.76. The van der Waals surface area contributed by atoms with E-state index in [-0.39, 0.29) is 0 Å². The third-order valence-corrected chi connectivity index (χ3v) is 3.10.